The Morgan fingerprint density at radius 3 is 2.83 bits per heavy atom. The largest absolute Gasteiger partial charge is 0.240 e. The lowest BCUT2D eigenvalue weighted by molar-refractivity contribution is 0.561. The summed E-state index contributed by atoms with van der Waals surface area (Å²) in [6, 6.07) is 0. The first-order chi connectivity index (χ1) is 5.68. The Morgan fingerprint density at radius 2 is 2.33 bits per heavy atom. The van der Waals surface area contributed by atoms with Crippen LogP contribution in [0.1, 0.15) is 25.1 Å². The standard InChI is InChI=1S/C8H8BrFN2/c1-4-2-5(4)8-11-3-6(9)7(10)12-8/h3-5H,2H2,1H3. The van der Waals surface area contributed by atoms with E-state index < -0.39 is 5.95 Å². The van der Waals surface area contributed by atoms with Crippen molar-refractivity contribution >= 4 is 15.9 Å². The van der Waals surface area contributed by atoms with Crippen LogP contribution in [0.5, 0.6) is 0 Å². The molecule has 1 aromatic heterocycles. The number of rotatable bonds is 1. The Balaban J connectivity index is 2.29. The number of nitrogens with zero attached hydrogens (tertiary/aromatic N) is 2. The van der Waals surface area contributed by atoms with Crippen LogP contribution in [0, 0.1) is 11.9 Å². The zero-order valence-corrected chi connectivity index (χ0v) is 8.18. The molecule has 2 atom stereocenters. The summed E-state index contributed by atoms with van der Waals surface area (Å²) in [5.41, 5.74) is 0. The van der Waals surface area contributed by atoms with Gasteiger partial charge in [-0.2, -0.15) is 4.39 Å². The molecule has 2 unspecified atom stereocenters. The molecule has 64 valence electrons. The van der Waals surface area contributed by atoms with E-state index in [-0.39, 0.29) is 0 Å². The average molecular weight is 231 g/mol. The molecule has 0 N–H and O–H groups in total. The summed E-state index contributed by atoms with van der Waals surface area (Å²) in [6.45, 7) is 2.12. The van der Waals surface area contributed by atoms with Gasteiger partial charge in [0.25, 0.3) is 0 Å². The fraction of sp³-hybridized carbons (Fsp3) is 0.500. The van der Waals surface area contributed by atoms with Gasteiger partial charge in [-0.05, 0) is 28.3 Å². The molecule has 0 spiro atoms. The highest BCUT2D eigenvalue weighted by Crippen LogP contribution is 2.45. The average Bonchev–Trinajstić information content (AvgIpc) is 2.73. The van der Waals surface area contributed by atoms with E-state index in [1.54, 1.807) is 0 Å². The van der Waals surface area contributed by atoms with Crippen LogP contribution in [-0.2, 0) is 0 Å². The van der Waals surface area contributed by atoms with Gasteiger partial charge in [0, 0.05) is 12.1 Å². The van der Waals surface area contributed by atoms with Crippen molar-refractivity contribution in [2.24, 2.45) is 5.92 Å². The SMILES string of the molecule is CC1CC1c1ncc(Br)c(F)n1. The van der Waals surface area contributed by atoms with E-state index in [0.717, 1.165) is 6.42 Å². The molecule has 0 radical (unpaired) electrons. The Morgan fingerprint density at radius 1 is 1.67 bits per heavy atom. The van der Waals surface area contributed by atoms with Crippen molar-refractivity contribution in [1.29, 1.82) is 0 Å². The Kier molecular flexibility index (Phi) is 1.87. The van der Waals surface area contributed by atoms with Gasteiger partial charge in [-0.25, -0.2) is 9.97 Å². The second-order valence-electron chi connectivity index (χ2n) is 3.19. The Bertz CT molecular complexity index is 316. The van der Waals surface area contributed by atoms with Crippen molar-refractivity contribution < 1.29 is 4.39 Å². The van der Waals surface area contributed by atoms with Crippen molar-refractivity contribution in [3.8, 4) is 0 Å². The lowest BCUT2D eigenvalue weighted by Crippen LogP contribution is -1.96. The lowest BCUT2D eigenvalue weighted by atomic mass is 10.3. The molecule has 1 heterocycles. The van der Waals surface area contributed by atoms with Crippen LogP contribution in [0.3, 0.4) is 0 Å². The minimum absolute atomic E-state index is 0.333. The van der Waals surface area contributed by atoms with Gasteiger partial charge in [0.05, 0.1) is 4.47 Å². The maximum atomic E-state index is 12.9. The van der Waals surface area contributed by atoms with E-state index in [2.05, 4.69) is 32.8 Å². The summed E-state index contributed by atoms with van der Waals surface area (Å²) in [5, 5.41) is 0. The van der Waals surface area contributed by atoms with E-state index in [1.165, 1.54) is 6.20 Å². The van der Waals surface area contributed by atoms with Gasteiger partial charge in [0.2, 0.25) is 5.95 Å². The molecule has 4 heteroatoms. The fourth-order valence-corrected chi connectivity index (χ4v) is 1.41. The molecule has 2 rings (SSSR count). The monoisotopic (exact) mass is 230 g/mol. The predicted molar refractivity (Wildman–Crippen MR) is 46.2 cm³/mol. The predicted octanol–water partition coefficient (Wildman–Crippen LogP) is 2.50. The molecule has 0 saturated heterocycles. The quantitative estimate of drug-likeness (QED) is 0.694. The lowest BCUT2D eigenvalue weighted by Gasteiger charge is -1.97. The third kappa shape index (κ3) is 1.35. The van der Waals surface area contributed by atoms with Crippen molar-refractivity contribution in [3.63, 3.8) is 0 Å². The summed E-state index contributed by atoms with van der Waals surface area (Å²) in [7, 11) is 0. The van der Waals surface area contributed by atoms with Gasteiger partial charge < -0.3 is 0 Å². The summed E-state index contributed by atoms with van der Waals surface area (Å²) in [6.07, 6.45) is 2.56. The molecule has 0 amide bonds. The maximum Gasteiger partial charge on any atom is 0.230 e. The molecule has 2 nitrogen and oxygen atoms in total. The maximum absolute atomic E-state index is 12.9. The highest BCUT2D eigenvalue weighted by molar-refractivity contribution is 9.10. The van der Waals surface area contributed by atoms with Crippen molar-refractivity contribution in [1.82, 2.24) is 9.97 Å². The van der Waals surface area contributed by atoms with Crippen molar-refractivity contribution in [2.75, 3.05) is 0 Å². The van der Waals surface area contributed by atoms with E-state index in [0.29, 0.717) is 22.1 Å². The van der Waals surface area contributed by atoms with E-state index in [9.17, 15) is 4.39 Å². The molecule has 0 aliphatic heterocycles. The molecule has 1 aliphatic rings. The molecular weight excluding hydrogens is 223 g/mol. The third-order valence-corrected chi connectivity index (χ3v) is 2.69. The number of hydrogen-bond acceptors (Lipinski definition) is 2. The Labute approximate surface area is 78.4 Å². The molecule has 0 bridgehead atoms. The number of aromatic nitrogens is 2. The molecule has 12 heavy (non-hydrogen) atoms. The van der Waals surface area contributed by atoms with Gasteiger partial charge in [-0.3, -0.25) is 0 Å². The van der Waals surface area contributed by atoms with Crippen LogP contribution >= 0.6 is 15.9 Å². The Hall–Kier alpha value is -0.510. The molecule has 1 aliphatic carbocycles. The van der Waals surface area contributed by atoms with Crippen LogP contribution in [0.25, 0.3) is 0 Å². The first-order valence-corrected chi connectivity index (χ1v) is 4.65. The second-order valence-corrected chi connectivity index (χ2v) is 4.04. The van der Waals surface area contributed by atoms with Crippen molar-refractivity contribution in [2.45, 2.75) is 19.3 Å². The highest BCUT2D eigenvalue weighted by atomic mass is 79.9. The van der Waals surface area contributed by atoms with Crippen LogP contribution in [-0.4, -0.2) is 9.97 Å². The van der Waals surface area contributed by atoms with Crippen LogP contribution in [0.15, 0.2) is 10.7 Å². The van der Waals surface area contributed by atoms with Crippen LogP contribution < -0.4 is 0 Å². The summed E-state index contributed by atoms with van der Waals surface area (Å²) in [4.78, 5) is 7.81. The second kappa shape index (κ2) is 2.76. The minimum atomic E-state index is -0.459. The molecule has 1 fully saturated rings. The zero-order chi connectivity index (χ0) is 8.72. The molecule has 0 aromatic carbocycles. The summed E-state index contributed by atoms with van der Waals surface area (Å²) >= 11 is 3.01. The van der Waals surface area contributed by atoms with Crippen LogP contribution in [0.4, 0.5) is 4.39 Å². The van der Waals surface area contributed by atoms with Gasteiger partial charge in [0.15, 0.2) is 0 Å². The first kappa shape index (κ1) is 8.10. The highest BCUT2D eigenvalue weighted by Gasteiger charge is 2.36. The van der Waals surface area contributed by atoms with Gasteiger partial charge in [0.1, 0.15) is 5.82 Å². The van der Waals surface area contributed by atoms with Gasteiger partial charge in [-0.1, -0.05) is 6.92 Å². The van der Waals surface area contributed by atoms with E-state index in [1.807, 2.05) is 0 Å². The van der Waals surface area contributed by atoms with Gasteiger partial charge in [-0.15, -0.1) is 0 Å². The normalized spacial score (nSPS) is 27.2. The van der Waals surface area contributed by atoms with E-state index in [4.69, 9.17) is 0 Å². The topological polar surface area (TPSA) is 25.8 Å². The molecular formula is C8H8BrFN2. The van der Waals surface area contributed by atoms with Gasteiger partial charge >= 0.3 is 0 Å². The fourth-order valence-electron chi connectivity index (χ4n) is 1.22. The van der Waals surface area contributed by atoms with E-state index >= 15 is 0 Å². The van der Waals surface area contributed by atoms with Crippen molar-refractivity contribution in [3.05, 3.63) is 22.4 Å². The minimum Gasteiger partial charge on any atom is -0.240 e. The summed E-state index contributed by atoms with van der Waals surface area (Å²) in [5.74, 6) is 1.18. The third-order valence-electron chi connectivity index (χ3n) is 2.16. The number of hydrogen-bond donors (Lipinski definition) is 0. The van der Waals surface area contributed by atoms with Crippen LogP contribution in [0.2, 0.25) is 0 Å². The smallest absolute Gasteiger partial charge is 0.230 e. The summed E-state index contributed by atoms with van der Waals surface area (Å²) < 4.78 is 13.2. The molecule has 1 aromatic rings. The number of halogens is 2. The molecule has 1 saturated carbocycles. The zero-order valence-electron chi connectivity index (χ0n) is 6.59. The first-order valence-electron chi connectivity index (χ1n) is 3.86.